The molecule has 0 aromatic carbocycles. The van der Waals surface area contributed by atoms with Crippen molar-refractivity contribution in [2.24, 2.45) is 5.41 Å². The smallest absolute Gasteiger partial charge is 0.222 e. The average Bonchev–Trinajstić information content (AvgIpc) is 2.26. The Kier molecular flexibility index (Phi) is 5.40. The Morgan fingerprint density at radius 2 is 2.00 bits per heavy atom. The van der Waals surface area contributed by atoms with E-state index < -0.39 is 0 Å². The topological polar surface area (TPSA) is 58.0 Å². The van der Waals surface area contributed by atoms with E-state index in [9.17, 15) is 0 Å². The Bertz CT molecular complexity index is 314. The van der Waals surface area contributed by atoms with E-state index in [1.54, 1.807) is 12.4 Å². The van der Waals surface area contributed by atoms with Crippen LogP contribution < -0.4 is 5.32 Å². The number of halogens is 1. The van der Waals surface area contributed by atoms with Crippen LogP contribution in [-0.4, -0.2) is 28.2 Å². The van der Waals surface area contributed by atoms with Gasteiger partial charge in [-0.15, -0.1) is 0 Å². The minimum atomic E-state index is 0.148. The molecule has 1 heterocycles. The first-order valence-corrected chi connectivity index (χ1v) is 6.44. The van der Waals surface area contributed by atoms with E-state index in [4.69, 9.17) is 5.11 Å². The van der Waals surface area contributed by atoms with Gasteiger partial charge >= 0.3 is 0 Å². The molecule has 1 aromatic rings. The largest absolute Gasteiger partial charge is 0.396 e. The molecule has 1 aromatic heterocycles. The normalized spacial score (nSPS) is 11.5. The van der Waals surface area contributed by atoms with Gasteiger partial charge in [-0.1, -0.05) is 13.8 Å². The highest BCUT2D eigenvalue weighted by Crippen LogP contribution is 2.22. The van der Waals surface area contributed by atoms with Gasteiger partial charge in [0.1, 0.15) is 0 Å². The maximum Gasteiger partial charge on any atom is 0.222 e. The zero-order chi connectivity index (χ0) is 12.0. The molecule has 0 atom stereocenters. The molecule has 5 heteroatoms. The van der Waals surface area contributed by atoms with E-state index >= 15 is 0 Å². The van der Waals surface area contributed by atoms with E-state index in [1.807, 2.05) is 0 Å². The van der Waals surface area contributed by atoms with E-state index in [1.165, 1.54) is 0 Å². The van der Waals surface area contributed by atoms with E-state index in [0.717, 1.165) is 23.0 Å². The van der Waals surface area contributed by atoms with Crippen molar-refractivity contribution in [2.75, 3.05) is 18.5 Å². The fraction of sp³-hybridized carbons (Fsp3) is 0.636. The monoisotopic (exact) mass is 335 g/mol. The lowest BCUT2D eigenvalue weighted by atomic mass is 9.88. The second-order valence-corrected chi connectivity index (χ2v) is 5.82. The number of aliphatic hydroxyl groups excluding tert-OH is 1. The summed E-state index contributed by atoms with van der Waals surface area (Å²) in [7, 11) is 0. The second kappa shape index (κ2) is 6.34. The zero-order valence-corrected chi connectivity index (χ0v) is 11.9. The lowest BCUT2D eigenvalue weighted by Gasteiger charge is -2.24. The second-order valence-electron chi connectivity index (χ2n) is 4.57. The van der Waals surface area contributed by atoms with Gasteiger partial charge in [0.2, 0.25) is 5.95 Å². The molecule has 0 aliphatic carbocycles. The predicted octanol–water partition coefficient (Wildman–Crippen LogP) is 2.29. The summed E-state index contributed by atoms with van der Waals surface area (Å²) in [5.41, 5.74) is 0.148. The maximum absolute atomic E-state index is 8.80. The summed E-state index contributed by atoms with van der Waals surface area (Å²) in [6, 6.07) is 0. The SMILES string of the molecule is CC(C)(CCCO)CNc1ncc(I)cn1. The van der Waals surface area contributed by atoms with Crippen LogP contribution in [0, 0.1) is 8.99 Å². The van der Waals surface area contributed by atoms with Gasteiger partial charge in [0.25, 0.3) is 0 Å². The van der Waals surface area contributed by atoms with Crippen molar-refractivity contribution < 1.29 is 5.11 Å². The lowest BCUT2D eigenvalue weighted by Crippen LogP contribution is -2.24. The molecular weight excluding hydrogens is 317 g/mol. The van der Waals surface area contributed by atoms with Crippen LogP contribution in [0.3, 0.4) is 0 Å². The first-order chi connectivity index (χ1) is 7.53. The van der Waals surface area contributed by atoms with E-state index in [2.05, 4.69) is 51.7 Å². The molecule has 0 saturated carbocycles. The molecule has 90 valence electrons. The summed E-state index contributed by atoms with van der Waals surface area (Å²) >= 11 is 2.18. The van der Waals surface area contributed by atoms with Gasteiger partial charge in [-0.2, -0.15) is 0 Å². The molecule has 1 rings (SSSR count). The van der Waals surface area contributed by atoms with Crippen molar-refractivity contribution in [3.8, 4) is 0 Å². The molecule has 0 spiro atoms. The summed E-state index contributed by atoms with van der Waals surface area (Å²) < 4.78 is 1.03. The Morgan fingerprint density at radius 3 is 2.56 bits per heavy atom. The van der Waals surface area contributed by atoms with Gasteiger partial charge in [-0.25, -0.2) is 9.97 Å². The highest BCUT2D eigenvalue weighted by molar-refractivity contribution is 14.1. The van der Waals surface area contributed by atoms with Crippen LogP contribution in [0.25, 0.3) is 0 Å². The van der Waals surface area contributed by atoms with Crippen LogP contribution in [0.5, 0.6) is 0 Å². The van der Waals surface area contributed by atoms with Gasteiger partial charge in [0, 0.05) is 29.1 Å². The number of aliphatic hydroxyl groups is 1. The molecule has 16 heavy (non-hydrogen) atoms. The molecule has 0 aliphatic rings. The van der Waals surface area contributed by atoms with Gasteiger partial charge < -0.3 is 10.4 Å². The van der Waals surface area contributed by atoms with Gasteiger partial charge in [0.15, 0.2) is 0 Å². The molecule has 0 saturated heterocycles. The van der Waals surface area contributed by atoms with Crippen LogP contribution in [0.1, 0.15) is 26.7 Å². The molecular formula is C11H18IN3O. The summed E-state index contributed by atoms with van der Waals surface area (Å²) in [4.78, 5) is 8.37. The van der Waals surface area contributed by atoms with E-state index in [0.29, 0.717) is 5.95 Å². The highest BCUT2D eigenvalue weighted by Gasteiger charge is 2.17. The number of hydrogen-bond donors (Lipinski definition) is 2. The van der Waals surface area contributed by atoms with Crippen LogP contribution in [0.2, 0.25) is 0 Å². The van der Waals surface area contributed by atoms with Crippen LogP contribution in [-0.2, 0) is 0 Å². The summed E-state index contributed by atoms with van der Waals surface area (Å²) in [6.07, 6.45) is 5.40. The Balaban J connectivity index is 2.41. The van der Waals surface area contributed by atoms with E-state index in [-0.39, 0.29) is 12.0 Å². The first kappa shape index (κ1) is 13.6. The minimum absolute atomic E-state index is 0.148. The minimum Gasteiger partial charge on any atom is -0.396 e. The summed E-state index contributed by atoms with van der Waals surface area (Å²) in [5.74, 6) is 0.664. The van der Waals surface area contributed by atoms with Gasteiger partial charge in [-0.05, 0) is 40.8 Å². The fourth-order valence-electron chi connectivity index (χ4n) is 1.37. The first-order valence-electron chi connectivity index (χ1n) is 5.36. The predicted molar refractivity (Wildman–Crippen MR) is 73.3 cm³/mol. The zero-order valence-electron chi connectivity index (χ0n) is 9.70. The molecule has 0 radical (unpaired) electrons. The maximum atomic E-state index is 8.80. The quantitative estimate of drug-likeness (QED) is 0.784. The standard InChI is InChI=1S/C11H18IN3O/c1-11(2,4-3-5-16)8-15-10-13-6-9(12)7-14-10/h6-7,16H,3-5,8H2,1-2H3,(H,13,14,15). The molecule has 0 amide bonds. The Morgan fingerprint density at radius 1 is 1.38 bits per heavy atom. The Hall–Kier alpha value is -0.430. The van der Waals surface area contributed by atoms with Crippen molar-refractivity contribution in [2.45, 2.75) is 26.7 Å². The van der Waals surface area contributed by atoms with Crippen molar-refractivity contribution >= 4 is 28.5 Å². The number of rotatable bonds is 6. The third-order valence-electron chi connectivity index (χ3n) is 2.36. The van der Waals surface area contributed by atoms with Crippen molar-refractivity contribution in [1.82, 2.24) is 9.97 Å². The Labute approximate surface area is 110 Å². The van der Waals surface area contributed by atoms with Crippen molar-refractivity contribution in [3.05, 3.63) is 16.0 Å². The molecule has 0 bridgehead atoms. The van der Waals surface area contributed by atoms with Gasteiger partial charge in [-0.3, -0.25) is 0 Å². The number of aromatic nitrogens is 2. The van der Waals surface area contributed by atoms with Crippen molar-refractivity contribution in [3.63, 3.8) is 0 Å². The van der Waals surface area contributed by atoms with Gasteiger partial charge in [0.05, 0.1) is 0 Å². The average molecular weight is 335 g/mol. The highest BCUT2D eigenvalue weighted by atomic mass is 127. The number of anilines is 1. The van der Waals surface area contributed by atoms with Crippen LogP contribution >= 0.6 is 22.6 Å². The molecule has 0 fully saturated rings. The fourth-order valence-corrected chi connectivity index (χ4v) is 1.65. The lowest BCUT2D eigenvalue weighted by molar-refractivity contribution is 0.247. The molecule has 0 aliphatic heterocycles. The number of nitrogens with one attached hydrogen (secondary N) is 1. The summed E-state index contributed by atoms with van der Waals surface area (Å²) in [6.45, 7) is 5.40. The van der Waals surface area contributed by atoms with Crippen LogP contribution in [0.4, 0.5) is 5.95 Å². The third kappa shape index (κ3) is 5.07. The third-order valence-corrected chi connectivity index (χ3v) is 2.91. The molecule has 2 N–H and O–H groups in total. The number of hydrogen-bond acceptors (Lipinski definition) is 4. The van der Waals surface area contributed by atoms with Crippen molar-refractivity contribution in [1.29, 1.82) is 0 Å². The number of nitrogens with zero attached hydrogens (tertiary/aromatic N) is 2. The van der Waals surface area contributed by atoms with Crippen LogP contribution in [0.15, 0.2) is 12.4 Å². The summed E-state index contributed by atoms with van der Waals surface area (Å²) in [5, 5.41) is 12.0. The molecule has 4 nitrogen and oxygen atoms in total. The molecule has 0 unspecified atom stereocenters.